The van der Waals surface area contributed by atoms with Crippen LogP contribution in [0.5, 0.6) is 0 Å². The highest BCUT2D eigenvalue weighted by Gasteiger charge is 2.29. The van der Waals surface area contributed by atoms with Crippen molar-refractivity contribution in [3.05, 3.63) is 102 Å². The maximum Gasteiger partial charge on any atom is 0.258 e. The van der Waals surface area contributed by atoms with E-state index in [4.69, 9.17) is 5.10 Å². The molecule has 0 spiro atoms. The number of hydrogen-bond acceptors (Lipinski definition) is 3. The molecule has 146 valence electrons. The summed E-state index contributed by atoms with van der Waals surface area (Å²) < 4.78 is 1.92. The van der Waals surface area contributed by atoms with E-state index in [9.17, 15) is 4.79 Å². The van der Waals surface area contributed by atoms with Gasteiger partial charge in [0.1, 0.15) is 0 Å². The van der Waals surface area contributed by atoms with Gasteiger partial charge < -0.3 is 4.90 Å². The summed E-state index contributed by atoms with van der Waals surface area (Å²) in [6, 6.07) is 22.0. The molecule has 0 fully saturated rings. The Bertz CT molecular complexity index is 1240. The van der Waals surface area contributed by atoms with Crippen LogP contribution >= 0.6 is 0 Å². The zero-order valence-corrected chi connectivity index (χ0v) is 16.6. The van der Waals surface area contributed by atoms with Crippen molar-refractivity contribution in [1.29, 1.82) is 0 Å². The van der Waals surface area contributed by atoms with Crippen LogP contribution in [-0.2, 0) is 11.3 Å². The van der Waals surface area contributed by atoms with Crippen LogP contribution in [0.4, 0.5) is 5.69 Å². The lowest BCUT2D eigenvalue weighted by Gasteiger charge is -2.07. The van der Waals surface area contributed by atoms with Crippen molar-refractivity contribution in [3.63, 3.8) is 0 Å². The Morgan fingerprint density at radius 3 is 2.53 bits per heavy atom. The van der Waals surface area contributed by atoms with Crippen LogP contribution in [0.2, 0.25) is 0 Å². The molecule has 2 aromatic heterocycles. The number of benzene rings is 2. The maximum absolute atomic E-state index is 12.9. The number of fused-ring (bicyclic) bond motifs is 1. The van der Waals surface area contributed by atoms with E-state index < -0.39 is 0 Å². The maximum atomic E-state index is 12.9. The molecule has 0 atom stereocenters. The quantitative estimate of drug-likeness (QED) is 0.480. The van der Waals surface area contributed by atoms with Crippen molar-refractivity contribution in [1.82, 2.24) is 14.8 Å². The van der Waals surface area contributed by atoms with Crippen molar-refractivity contribution in [2.45, 2.75) is 6.54 Å². The fourth-order valence-electron chi connectivity index (χ4n) is 3.81. The van der Waals surface area contributed by atoms with Crippen molar-refractivity contribution >= 4 is 23.2 Å². The fraction of sp³-hybridized carbons (Fsp3) is 0.0800. The molecule has 0 N–H and O–H groups in total. The average Bonchev–Trinajstić information content (AvgIpc) is 3.29. The molecule has 0 bridgehead atoms. The first-order valence-electron chi connectivity index (χ1n) is 9.81. The number of para-hydroxylation sites is 1. The van der Waals surface area contributed by atoms with Crippen molar-refractivity contribution in [2.24, 2.45) is 0 Å². The second-order valence-corrected chi connectivity index (χ2v) is 7.29. The Labute approximate surface area is 174 Å². The first kappa shape index (κ1) is 18.1. The van der Waals surface area contributed by atoms with Crippen LogP contribution in [0.3, 0.4) is 0 Å². The first-order chi connectivity index (χ1) is 14.7. The fourth-order valence-corrected chi connectivity index (χ4v) is 3.81. The molecule has 30 heavy (non-hydrogen) atoms. The van der Waals surface area contributed by atoms with Crippen LogP contribution < -0.4 is 4.90 Å². The van der Waals surface area contributed by atoms with E-state index in [0.29, 0.717) is 12.1 Å². The highest BCUT2D eigenvalue weighted by atomic mass is 16.2. The number of likely N-dealkylation sites (N-methyl/N-ethyl adjacent to an activating group) is 1. The summed E-state index contributed by atoms with van der Waals surface area (Å²) in [5.74, 6) is -0.0223. The monoisotopic (exact) mass is 392 g/mol. The lowest BCUT2D eigenvalue weighted by molar-refractivity contribution is -0.112. The van der Waals surface area contributed by atoms with E-state index in [1.807, 2.05) is 77.7 Å². The number of nitrogens with zero attached hydrogens (tertiary/aromatic N) is 4. The molecule has 0 saturated heterocycles. The van der Waals surface area contributed by atoms with Crippen LogP contribution in [0.1, 0.15) is 16.8 Å². The second-order valence-electron chi connectivity index (χ2n) is 7.29. The van der Waals surface area contributed by atoms with Gasteiger partial charge in [-0.3, -0.25) is 14.5 Å². The van der Waals surface area contributed by atoms with Gasteiger partial charge in [0.2, 0.25) is 0 Å². The van der Waals surface area contributed by atoms with E-state index in [1.165, 1.54) is 5.56 Å². The van der Waals surface area contributed by atoms with E-state index in [1.54, 1.807) is 18.1 Å². The van der Waals surface area contributed by atoms with Crippen molar-refractivity contribution < 1.29 is 4.79 Å². The summed E-state index contributed by atoms with van der Waals surface area (Å²) >= 11 is 0. The largest absolute Gasteiger partial charge is 0.311 e. The highest BCUT2D eigenvalue weighted by molar-refractivity contribution is 6.35. The van der Waals surface area contributed by atoms with Crippen LogP contribution in [0.25, 0.3) is 22.8 Å². The SMILES string of the molecule is CN1C(=O)/C(=C/c2nn(Cc3ccccc3)cc2-c2cccnc2)c2ccccc21. The van der Waals surface area contributed by atoms with E-state index in [2.05, 4.69) is 17.1 Å². The molecule has 1 aliphatic rings. The van der Waals surface area contributed by atoms with Gasteiger partial charge in [-0.05, 0) is 23.8 Å². The molecule has 0 saturated carbocycles. The Hall–Kier alpha value is -3.99. The number of carbonyl (C=O) groups is 1. The minimum absolute atomic E-state index is 0.0223. The molecule has 5 nitrogen and oxygen atoms in total. The Morgan fingerprint density at radius 2 is 1.73 bits per heavy atom. The number of aromatic nitrogens is 3. The minimum atomic E-state index is -0.0223. The Kier molecular flexibility index (Phi) is 4.48. The molecule has 4 aromatic rings. The Balaban J connectivity index is 1.62. The summed E-state index contributed by atoms with van der Waals surface area (Å²) in [5, 5.41) is 4.82. The van der Waals surface area contributed by atoms with Gasteiger partial charge in [-0.2, -0.15) is 5.10 Å². The van der Waals surface area contributed by atoms with Crippen molar-refractivity contribution in [2.75, 3.05) is 11.9 Å². The molecule has 2 aromatic carbocycles. The second kappa shape index (κ2) is 7.44. The molecule has 1 aliphatic heterocycles. The number of amides is 1. The third kappa shape index (κ3) is 3.20. The number of hydrogen-bond donors (Lipinski definition) is 0. The van der Waals surface area contributed by atoms with Crippen molar-refractivity contribution in [3.8, 4) is 11.1 Å². The molecule has 3 heterocycles. The zero-order chi connectivity index (χ0) is 20.5. The lowest BCUT2D eigenvalue weighted by atomic mass is 10.0. The normalized spacial score (nSPS) is 14.4. The van der Waals surface area contributed by atoms with Gasteiger partial charge in [-0.1, -0.05) is 54.6 Å². The van der Waals surface area contributed by atoms with Gasteiger partial charge in [0.15, 0.2) is 0 Å². The zero-order valence-electron chi connectivity index (χ0n) is 16.6. The van der Waals surface area contributed by atoms with Gasteiger partial charge in [-0.15, -0.1) is 0 Å². The highest BCUT2D eigenvalue weighted by Crippen LogP contribution is 2.37. The molecule has 0 unspecified atom stereocenters. The lowest BCUT2D eigenvalue weighted by Crippen LogP contribution is -2.20. The van der Waals surface area contributed by atoms with E-state index in [0.717, 1.165) is 28.1 Å². The van der Waals surface area contributed by atoms with Crippen LogP contribution in [-0.4, -0.2) is 27.7 Å². The van der Waals surface area contributed by atoms with Gasteiger partial charge in [0.05, 0.1) is 23.5 Å². The summed E-state index contributed by atoms with van der Waals surface area (Å²) in [6.45, 7) is 0.654. The molecule has 5 rings (SSSR count). The van der Waals surface area contributed by atoms with E-state index in [-0.39, 0.29) is 5.91 Å². The standard InChI is InChI=1S/C25H20N4O/c1-28-24-12-6-5-11-20(24)21(25(28)30)14-23-22(19-10-7-13-26-15-19)17-29(27-23)16-18-8-3-2-4-9-18/h2-15,17H,16H2,1H3/b21-14+. The number of pyridine rings is 1. The number of carbonyl (C=O) groups excluding carboxylic acids is 1. The number of anilines is 1. The predicted octanol–water partition coefficient (Wildman–Crippen LogP) is 4.51. The summed E-state index contributed by atoms with van der Waals surface area (Å²) in [4.78, 5) is 18.9. The predicted molar refractivity (Wildman–Crippen MR) is 119 cm³/mol. The van der Waals surface area contributed by atoms with Gasteiger partial charge >= 0.3 is 0 Å². The summed E-state index contributed by atoms with van der Waals surface area (Å²) in [7, 11) is 1.80. The molecular weight excluding hydrogens is 372 g/mol. The first-order valence-corrected chi connectivity index (χ1v) is 9.81. The third-order valence-corrected chi connectivity index (χ3v) is 5.32. The van der Waals surface area contributed by atoms with Crippen LogP contribution in [0.15, 0.2) is 85.3 Å². The smallest absolute Gasteiger partial charge is 0.258 e. The molecular formula is C25H20N4O. The molecule has 0 radical (unpaired) electrons. The molecule has 5 heteroatoms. The minimum Gasteiger partial charge on any atom is -0.311 e. The van der Waals surface area contributed by atoms with Gasteiger partial charge in [0, 0.05) is 42.3 Å². The van der Waals surface area contributed by atoms with E-state index >= 15 is 0 Å². The molecule has 1 amide bonds. The van der Waals surface area contributed by atoms with Gasteiger partial charge in [0.25, 0.3) is 5.91 Å². The average molecular weight is 392 g/mol. The number of rotatable bonds is 4. The Morgan fingerprint density at radius 1 is 0.933 bits per heavy atom. The summed E-state index contributed by atoms with van der Waals surface area (Å²) in [6.07, 6.45) is 7.49. The molecule has 0 aliphatic carbocycles. The van der Waals surface area contributed by atoms with Gasteiger partial charge in [-0.25, -0.2) is 0 Å². The third-order valence-electron chi connectivity index (χ3n) is 5.32. The summed E-state index contributed by atoms with van der Waals surface area (Å²) in [5.41, 5.74) is 6.34. The van der Waals surface area contributed by atoms with Crippen LogP contribution in [0, 0.1) is 0 Å². The topological polar surface area (TPSA) is 51.0 Å².